The molecule has 1 aliphatic rings. The number of ether oxygens (including phenoxy) is 1. The van der Waals surface area contributed by atoms with E-state index in [0.29, 0.717) is 52.7 Å². The lowest BCUT2D eigenvalue weighted by molar-refractivity contribution is -0.137. The summed E-state index contributed by atoms with van der Waals surface area (Å²) in [7, 11) is 0. The third-order valence-corrected chi connectivity index (χ3v) is 7.13. The van der Waals surface area contributed by atoms with Gasteiger partial charge in [0, 0.05) is 35.6 Å². The van der Waals surface area contributed by atoms with Crippen LogP contribution in [-0.4, -0.2) is 51.6 Å². The summed E-state index contributed by atoms with van der Waals surface area (Å²) < 4.78 is 46.4. The molecule has 42 heavy (non-hydrogen) atoms. The van der Waals surface area contributed by atoms with Crippen LogP contribution < -0.4 is 10.2 Å². The predicted octanol–water partition coefficient (Wildman–Crippen LogP) is 6.34. The first-order chi connectivity index (χ1) is 20.2. The molecule has 0 saturated carbocycles. The SMILES string of the molecule is CC(=O)c1cccc(-c2nc(Nc3ccc(N4CCOCC4)cc3)c3ncn(Cc4ccc(C(F)(F)F)cc4)c3n2)c1. The molecule has 0 spiro atoms. The maximum absolute atomic E-state index is 13.1. The molecule has 5 aromatic rings. The van der Waals surface area contributed by atoms with Crippen LogP contribution in [0, 0.1) is 0 Å². The first-order valence-corrected chi connectivity index (χ1v) is 13.4. The van der Waals surface area contributed by atoms with E-state index >= 15 is 0 Å². The Labute approximate surface area is 239 Å². The number of carbonyl (C=O) groups is 1. The van der Waals surface area contributed by atoms with Crippen LogP contribution in [0.15, 0.2) is 79.1 Å². The number of ketones is 1. The zero-order valence-electron chi connectivity index (χ0n) is 22.7. The molecule has 1 fully saturated rings. The van der Waals surface area contributed by atoms with Gasteiger partial charge in [-0.05, 0) is 55.0 Å². The van der Waals surface area contributed by atoms with Crippen molar-refractivity contribution in [1.82, 2.24) is 19.5 Å². The number of hydrogen-bond acceptors (Lipinski definition) is 7. The number of morpholine rings is 1. The minimum atomic E-state index is -4.41. The van der Waals surface area contributed by atoms with E-state index in [1.807, 2.05) is 30.3 Å². The second kappa shape index (κ2) is 11.2. The van der Waals surface area contributed by atoms with Gasteiger partial charge in [-0.15, -0.1) is 0 Å². The Morgan fingerprint density at radius 1 is 0.976 bits per heavy atom. The van der Waals surface area contributed by atoms with Gasteiger partial charge < -0.3 is 19.5 Å². The van der Waals surface area contributed by atoms with Gasteiger partial charge in [0.1, 0.15) is 0 Å². The quantitative estimate of drug-likeness (QED) is 0.228. The highest BCUT2D eigenvalue weighted by molar-refractivity contribution is 5.95. The van der Waals surface area contributed by atoms with E-state index in [1.165, 1.54) is 19.1 Å². The lowest BCUT2D eigenvalue weighted by Gasteiger charge is -2.28. The van der Waals surface area contributed by atoms with Crippen molar-refractivity contribution >= 4 is 34.1 Å². The summed E-state index contributed by atoms with van der Waals surface area (Å²) in [5.74, 6) is 0.768. The predicted molar refractivity (Wildman–Crippen MR) is 154 cm³/mol. The molecule has 1 saturated heterocycles. The molecule has 0 amide bonds. The van der Waals surface area contributed by atoms with Crippen molar-refractivity contribution in [3.05, 3.63) is 95.8 Å². The molecule has 0 radical (unpaired) electrons. The van der Waals surface area contributed by atoms with Gasteiger partial charge in [0.25, 0.3) is 0 Å². The summed E-state index contributed by atoms with van der Waals surface area (Å²) >= 11 is 0. The first-order valence-electron chi connectivity index (χ1n) is 13.4. The van der Waals surface area contributed by atoms with E-state index in [-0.39, 0.29) is 12.3 Å². The molecular formula is C31H27F3N6O2. The van der Waals surface area contributed by atoms with Gasteiger partial charge in [0.2, 0.25) is 0 Å². The van der Waals surface area contributed by atoms with Crippen molar-refractivity contribution < 1.29 is 22.7 Å². The molecule has 11 heteroatoms. The highest BCUT2D eigenvalue weighted by Gasteiger charge is 2.30. The maximum atomic E-state index is 13.1. The molecule has 214 valence electrons. The number of aromatic nitrogens is 4. The van der Waals surface area contributed by atoms with Crippen LogP contribution in [0.25, 0.3) is 22.6 Å². The second-order valence-electron chi connectivity index (χ2n) is 10.0. The molecule has 0 unspecified atom stereocenters. The summed E-state index contributed by atoms with van der Waals surface area (Å²) in [5, 5.41) is 3.36. The van der Waals surface area contributed by atoms with E-state index in [4.69, 9.17) is 14.7 Å². The summed E-state index contributed by atoms with van der Waals surface area (Å²) in [4.78, 5) is 28.4. The monoisotopic (exact) mass is 572 g/mol. The summed E-state index contributed by atoms with van der Waals surface area (Å²) in [6, 6.07) is 20.1. The third-order valence-electron chi connectivity index (χ3n) is 7.13. The normalized spacial score (nSPS) is 13.9. The molecule has 0 bridgehead atoms. The smallest absolute Gasteiger partial charge is 0.378 e. The topological polar surface area (TPSA) is 85.2 Å². The highest BCUT2D eigenvalue weighted by atomic mass is 19.4. The number of carbonyl (C=O) groups excluding carboxylic acids is 1. The largest absolute Gasteiger partial charge is 0.416 e. The summed E-state index contributed by atoms with van der Waals surface area (Å²) in [6.45, 7) is 4.81. The molecule has 1 aliphatic heterocycles. The third kappa shape index (κ3) is 5.82. The number of alkyl halides is 3. The number of anilines is 3. The number of rotatable bonds is 7. The van der Waals surface area contributed by atoms with E-state index in [2.05, 4.69) is 15.2 Å². The number of nitrogens with one attached hydrogen (secondary N) is 1. The lowest BCUT2D eigenvalue weighted by atomic mass is 10.1. The lowest BCUT2D eigenvalue weighted by Crippen LogP contribution is -2.36. The van der Waals surface area contributed by atoms with Gasteiger partial charge in [-0.1, -0.05) is 30.3 Å². The van der Waals surface area contributed by atoms with Crippen LogP contribution in [0.2, 0.25) is 0 Å². The number of benzene rings is 3. The van der Waals surface area contributed by atoms with Gasteiger partial charge >= 0.3 is 6.18 Å². The number of hydrogen-bond donors (Lipinski definition) is 1. The standard InChI is InChI=1S/C31H27F3N6O2/c1-20(41)22-3-2-4-23(17-22)28-37-29(36-25-9-11-26(12-10-25)39-13-15-42-16-14-39)27-30(38-28)40(19-35-27)18-21-5-7-24(8-6-21)31(32,33)34/h2-12,17,19H,13-16,18H2,1H3,(H,36,37,38). The Morgan fingerprint density at radius 2 is 1.71 bits per heavy atom. The van der Waals surface area contributed by atoms with Crippen molar-refractivity contribution in [2.45, 2.75) is 19.6 Å². The molecule has 8 nitrogen and oxygen atoms in total. The second-order valence-corrected chi connectivity index (χ2v) is 10.0. The van der Waals surface area contributed by atoms with Crippen LogP contribution in [-0.2, 0) is 17.5 Å². The Balaban J connectivity index is 1.37. The number of halogens is 3. The van der Waals surface area contributed by atoms with Crippen LogP contribution >= 0.6 is 0 Å². The summed E-state index contributed by atoms with van der Waals surface area (Å²) in [6.07, 6.45) is -2.81. The average Bonchev–Trinajstić information content (AvgIpc) is 3.40. The molecule has 3 aromatic carbocycles. The molecule has 6 rings (SSSR count). The van der Waals surface area contributed by atoms with Crippen LogP contribution in [0.5, 0.6) is 0 Å². The fourth-order valence-electron chi connectivity index (χ4n) is 4.86. The van der Waals surface area contributed by atoms with E-state index in [9.17, 15) is 18.0 Å². The average molecular weight is 573 g/mol. The van der Waals surface area contributed by atoms with Crippen molar-refractivity contribution in [2.24, 2.45) is 0 Å². The molecule has 1 N–H and O–H groups in total. The van der Waals surface area contributed by atoms with Gasteiger partial charge in [-0.2, -0.15) is 13.2 Å². The molecular weight excluding hydrogens is 545 g/mol. The molecule has 2 aromatic heterocycles. The minimum absolute atomic E-state index is 0.0796. The number of nitrogens with zero attached hydrogens (tertiary/aromatic N) is 5. The Kier molecular flexibility index (Phi) is 7.34. The fourth-order valence-corrected chi connectivity index (χ4v) is 4.86. The van der Waals surface area contributed by atoms with Gasteiger partial charge in [-0.25, -0.2) is 15.0 Å². The number of Topliss-reactive ketones (excluding diaryl/α,β-unsaturated/α-hetero) is 1. The maximum Gasteiger partial charge on any atom is 0.416 e. The molecule has 0 atom stereocenters. The van der Waals surface area contributed by atoms with E-state index in [1.54, 1.807) is 29.1 Å². The van der Waals surface area contributed by atoms with Crippen LogP contribution in [0.3, 0.4) is 0 Å². The van der Waals surface area contributed by atoms with Gasteiger partial charge in [-0.3, -0.25) is 4.79 Å². The van der Waals surface area contributed by atoms with Crippen molar-refractivity contribution in [2.75, 3.05) is 36.5 Å². The minimum Gasteiger partial charge on any atom is -0.378 e. The van der Waals surface area contributed by atoms with Gasteiger partial charge in [0.05, 0.1) is 31.6 Å². The number of fused-ring (bicyclic) bond motifs is 1. The fraction of sp³-hybridized carbons (Fsp3) is 0.226. The Hall–Kier alpha value is -4.77. The molecule has 3 heterocycles. The summed E-state index contributed by atoms with van der Waals surface area (Å²) in [5.41, 5.74) is 4.04. The van der Waals surface area contributed by atoms with Crippen LogP contribution in [0.4, 0.5) is 30.4 Å². The van der Waals surface area contributed by atoms with Crippen molar-refractivity contribution in [3.63, 3.8) is 0 Å². The molecule has 0 aliphatic carbocycles. The highest BCUT2D eigenvalue weighted by Crippen LogP contribution is 2.31. The van der Waals surface area contributed by atoms with Gasteiger partial charge in [0.15, 0.2) is 28.6 Å². The first kappa shape index (κ1) is 27.4. The Morgan fingerprint density at radius 3 is 2.40 bits per heavy atom. The Bertz CT molecular complexity index is 1730. The number of imidazole rings is 1. The van der Waals surface area contributed by atoms with E-state index < -0.39 is 11.7 Å². The van der Waals surface area contributed by atoms with Crippen molar-refractivity contribution in [1.29, 1.82) is 0 Å². The van der Waals surface area contributed by atoms with Crippen LogP contribution in [0.1, 0.15) is 28.4 Å². The van der Waals surface area contributed by atoms with Crippen molar-refractivity contribution in [3.8, 4) is 11.4 Å². The van der Waals surface area contributed by atoms with E-state index in [0.717, 1.165) is 36.6 Å². The zero-order valence-corrected chi connectivity index (χ0v) is 22.7. The zero-order chi connectivity index (χ0) is 29.3.